The largest absolute Gasteiger partial charge is 0.480 e. The van der Waals surface area contributed by atoms with Crippen LogP contribution in [0.15, 0.2) is 0 Å². The molecule has 2 aliphatic carbocycles. The van der Waals surface area contributed by atoms with Gasteiger partial charge in [0, 0.05) is 32.3 Å². The lowest BCUT2D eigenvalue weighted by molar-refractivity contribution is -0.149. The predicted molar refractivity (Wildman–Crippen MR) is 78.3 cm³/mol. The van der Waals surface area contributed by atoms with E-state index in [2.05, 4.69) is 5.32 Å². The van der Waals surface area contributed by atoms with Crippen LogP contribution in [0.25, 0.3) is 0 Å². The summed E-state index contributed by atoms with van der Waals surface area (Å²) < 4.78 is 11.4. The molecule has 3 aliphatic rings. The summed E-state index contributed by atoms with van der Waals surface area (Å²) in [5.41, 5.74) is -0.750. The zero-order valence-electron chi connectivity index (χ0n) is 12.7. The fraction of sp³-hybridized carbons (Fsp3) is 0.938. The van der Waals surface area contributed by atoms with Crippen LogP contribution in [0.5, 0.6) is 0 Å². The lowest BCUT2D eigenvalue weighted by atomic mass is 9.79. The Hall–Kier alpha value is -0.650. The maximum atomic E-state index is 11.8. The van der Waals surface area contributed by atoms with E-state index >= 15 is 0 Å². The molecule has 120 valence electrons. The van der Waals surface area contributed by atoms with Crippen LogP contribution in [0.2, 0.25) is 0 Å². The van der Waals surface area contributed by atoms with Crippen LogP contribution in [0, 0.1) is 5.92 Å². The maximum Gasteiger partial charge on any atom is 0.324 e. The molecule has 3 fully saturated rings. The number of hydrogen-bond donors (Lipinski definition) is 2. The molecule has 3 rings (SSSR count). The molecule has 0 aromatic carbocycles. The van der Waals surface area contributed by atoms with E-state index in [4.69, 9.17) is 9.47 Å². The molecule has 2 atom stereocenters. The van der Waals surface area contributed by atoms with E-state index in [1.807, 2.05) is 0 Å². The lowest BCUT2D eigenvalue weighted by Gasteiger charge is -2.39. The van der Waals surface area contributed by atoms with Crippen LogP contribution in [0.1, 0.15) is 51.4 Å². The summed E-state index contributed by atoms with van der Waals surface area (Å²) in [6.07, 6.45) is 7.72. The lowest BCUT2D eigenvalue weighted by Crippen LogP contribution is -2.57. The summed E-state index contributed by atoms with van der Waals surface area (Å²) in [5, 5.41) is 13.0. The third-order valence-electron chi connectivity index (χ3n) is 5.08. The Labute approximate surface area is 126 Å². The van der Waals surface area contributed by atoms with Crippen molar-refractivity contribution in [3.05, 3.63) is 0 Å². The van der Waals surface area contributed by atoms with Crippen LogP contribution in [0.3, 0.4) is 0 Å². The average Bonchev–Trinajstić information content (AvgIpc) is 3.30. The molecule has 5 nitrogen and oxygen atoms in total. The fourth-order valence-electron chi connectivity index (χ4n) is 3.56. The highest BCUT2D eigenvalue weighted by atomic mass is 16.5. The molecule has 0 radical (unpaired) electrons. The van der Waals surface area contributed by atoms with E-state index in [0.717, 1.165) is 64.8 Å². The van der Waals surface area contributed by atoms with E-state index in [-0.39, 0.29) is 6.10 Å². The molecule has 0 bridgehead atoms. The number of carboxylic acid groups (broad SMARTS) is 1. The van der Waals surface area contributed by atoms with Gasteiger partial charge in [0.2, 0.25) is 0 Å². The minimum atomic E-state index is -0.750. The van der Waals surface area contributed by atoms with Crippen LogP contribution in [0.4, 0.5) is 0 Å². The van der Waals surface area contributed by atoms with Gasteiger partial charge < -0.3 is 14.6 Å². The van der Waals surface area contributed by atoms with Crippen LogP contribution < -0.4 is 5.32 Å². The second-order valence-electron chi connectivity index (χ2n) is 6.91. The van der Waals surface area contributed by atoms with Crippen molar-refractivity contribution in [1.82, 2.24) is 5.32 Å². The molecule has 1 heterocycles. The van der Waals surface area contributed by atoms with Crippen molar-refractivity contribution in [3.63, 3.8) is 0 Å². The Kier molecular flexibility index (Phi) is 4.82. The van der Waals surface area contributed by atoms with Crippen LogP contribution in [-0.4, -0.2) is 48.6 Å². The number of carbonyl (C=O) groups is 1. The van der Waals surface area contributed by atoms with Gasteiger partial charge in [0.15, 0.2) is 0 Å². The third kappa shape index (κ3) is 3.96. The molecule has 0 aromatic rings. The first-order valence-electron chi connectivity index (χ1n) is 8.38. The van der Waals surface area contributed by atoms with Crippen molar-refractivity contribution < 1.29 is 19.4 Å². The number of ether oxygens (including phenoxy) is 2. The molecule has 0 amide bonds. The van der Waals surface area contributed by atoms with E-state index in [0.29, 0.717) is 18.4 Å². The van der Waals surface area contributed by atoms with Crippen LogP contribution >= 0.6 is 0 Å². The van der Waals surface area contributed by atoms with E-state index in [9.17, 15) is 9.90 Å². The van der Waals surface area contributed by atoms with Gasteiger partial charge in [-0.2, -0.15) is 0 Å². The minimum Gasteiger partial charge on any atom is -0.480 e. The molecule has 2 unspecified atom stereocenters. The number of carboxylic acids is 1. The fourth-order valence-corrected chi connectivity index (χ4v) is 3.56. The van der Waals surface area contributed by atoms with Gasteiger partial charge >= 0.3 is 5.97 Å². The second-order valence-corrected chi connectivity index (χ2v) is 6.91. The molecule has 1 aliphatic heterocycles. The van der Waals surface area contributed by atoms with Gasteiger partial charge in [0.05, 0.1) is 6.10 Å². The third-order valence-corrected chi connectivity index (χ3v) is 5.08. The zero-order chi connectivity index (χ0) is 14.7. The standard InChI is InChI=1S/C16H27NO4/c18-15(19)16(17-13-3-4-13)7-1-2-14(10-16)21-11-12-5-8-20-9-6-12/h12-14,17H,1-11H2,(H,18,19). The van der Waals surface area contributed by atoms with E-state index in [1.165, 1.54) is 0 Å². The van der Waals surface area contributed by atoms with Crippen molar-refractivity contribution in [3.8, 4) is 0 Å². The molecule has 0 aromatic heterocycles. The van der Waals surface area contributed by atoms with Crippen molar-refractivity contribution in [2.24, 2.45) is 5.92 Å². The Morgan fingerprint density at radius 1 is 1.24 bits per heavy atom. The van der Waals surface area contributed by atoms with Crippen molar-refractivity contribution in [1.29, 1.82) is 0 Å². The van der Waals surface area contributed by atoms with Crippen molar-refractivity contribution in [2.75, 3.05) is 19.8 Å². The van der Waals surface area contributed by atoms with Gasteiger partial charge in [-0.25, -0.2) is 0 Å². The van der Waals surface area contributed by atoms with Crippen LogP contribution in [-0.2, 0) is 14.3 Å². The first kappa shape index (κ1) is 15.3. The monoisotopic (exact) mass is 297 g/mol. The number of nitrogens with one attached hydrogen (secondary N) is 1. The summed E-state index contributed by atoms with van der Waals surface area (Å²) >= 11 is 0. The molecule has 21 heavy (non-hydrogen) atoms. The summed E-state index contributed by atoms with van der Waals surface area (Å²) in [4.78, 5) is 11.8. The molecular formula is C16H27NO4. The highest BCUT2D eigenvalue weighted by molar-refractivity contribution is 5.79. The molecule has 2 N–H and O–H groups in total. The van der Waals surface area contributed by atoms with Gasteiger partial charge in [-0.15, -0.1) is 0 Å². The highest BCUT2D eigenvalue weighted by Gasteiger charge is 2.46. The maximum absolute atomic E-state index is 11.8. The Bertz CT molecular complexity index is 365. The van der Waals surface area contributed by atoms with Crippen molar-refractivity contribution >= 4 is 5.97 Å². The number of aliphatic carboxylic acids is 1. The van der Waals surface area contributed by atoms with Gasteiger partial charge in [-0.1, -0.05) is 0 Å². The SMILES string of the molecule is O=C(O)C1(NC2CC2)CCCC(OCC2CCOCC2)C1. The zero-order valence-corrected chi connectivity index (χ0v) is 12.7. The second kappa shape index (κ2) is 6.63. The van der Waals surface area contributed by atoms with E-state index in [1.54, 1.807) is 0 Å². The molecular weight excluding hydrogens is 270 g/mol. The summed E-state index contributed by atoms with van der Waals surface area (Å²) in [5.74, 6) is -0.120. The topological polar surface area (TPSA) is 67.8 Å². The highest BCUT2D eigenvalue weighted by Crippen LogP contribution is 2.34. The van der Waals surface area contributed by atoms with Gasteiger partial charge in [-0.05, 0) is 50.9 Å². The first-order valence-corrected chi connectivity index (χ1v) is 8.38. The predicted octanol–water partition coefficient (Wildman–Crippen LogP) is 1.95. The molecule has 1 saturated heterocycles. The quantitative estimate of drug-likeness (QED) is 0.784. The smallest absolute Gasteiger partial charge is 0.324 e. The first-order chi connectivity index (χ1) is 10.2. The Balaban J connectivity index is 1.52. The average molecular weight is 297 g/mol. The normalized spacial score (nSPS) is 34.8. The Morgan fingerprint density at radius 2 is 2.00 bits per heavy atom. The number of rotatable bonds is 6. The van der Waals surface area contributed by atoms with Gasteiger partial charge in [-0.3, -0.25) is 10.1 Å². The van der Waals surface area contributed by atoms with Gasteiger partial charge in [0.25, 0.3) is 0 Å². The molecule has 2 saturated carbocycles. The summed E-state index contributed by atoms with van der Waals surface area (Å²) in [7, 11) is 0. The number of hydrogen-bond acceptors (Lipinski definition) is 4. The minimum absolute atomic E-state index is 0.0870. The van der Waals surface area contributed by atoms with E-state index < -0.39 is 11.5 Å². The molecule has 0 spiro atoms. The summed E-state index contributed by atoms with van der Waals surface area (Å²) in [6, 6.07) is 0.412. The Morgan fingerprint density at radius 3 is 2.67 bits per heavy atom. The molecule has 5 heteroatoms. The van der Waals surface area contributed by atoms with Crippen molar-refractivity contribution in [2.45, 2.75) is 69.1 Å². The van der Waals surface area contributed by atoms with Gasteiger partial charge in [0.1, 0.15) is 5.54 Å². The summed E-state index contributed by atoms with van der Waals surface area (Å²) in [6.45, 7) is 2.43.